The first-order valence-corrected chi connectivity index (χ1v) is 6.27. The molecule has 0 saturated carbocycles. The highest BCUT2D eigenvalue weighted by Crippen LogP contribution is 2.34. The predicted molar refractivity (Wildman–Crippen MR) is 73.7 cm³/mol. The number of aromatic hydroxyl groups is 1. The standard InChI is InChI=1S/C14H13NO7/c1-7-4-8(11(16)10(5-7)15(19)20)6-9-12(17)21-14(2,3)22-13(9)18/h4-6,16H,1-3H3. The van der Waals surface area contributed by atoms with Crippen molar-refractivity contribution in [1.29, 1.82) is 0 Å². The van der Waals surface area contributed by atoms with E-state index in [0.29, 0.717) is 5.56 Å². The van der Waals surface area contributed by atoms with E-state index in [9.17, 15) is 24.8 Å². The van der Waals surface area contributed by atoms with Gasteiger partial charge in [0.15, 0.2) is 0 Å². The normalized spacial score (nSPS) is 16.8. The summed E-state index contributed by atoms with van der Waals surface area (Å²) in [6.07, 6.45) is 1.01. The number of nitrogens with zero attached hydrogens (tertiary/aromatic N) is 1. The first kappa shape index (κ1) is 15.5. The fourth-order valence-corrected chi connectivity index (χ4v) is 1.97. The number of esters is 2. The number of nitro benzene ring substituents is 1. The molecule has 0 aliphatic carbocycles. The first-order valence-electron chi connectivity index (χ1n) is 6.27. The van der Waals surface area contributed by atoms with Crippen LogP contribution in [0.4, 0.5) is 5.69 Å². The van der Waals surface area contributed by atoms with E-state index < -0.39 is 39.7 Å². The van der Waals surface area contributed by atoms with E-state index >= 15 is 0 Å². The van der Waals surface area contributed by atoms with Crippen LogP contribution < -0.4 is 0 Å². The molecule has 2 rings (SSSR count). The molecule has 1 aromatic rings. The van der Waals surface area contributed by atoms with Crippen molar-refractivity contribution in [2.45, 2.75) is 26.6 Å². The number of nitro groups is 1. The number of phenols is 1. The Hall–Kier alpha value is -2.90. The second-order valence-electron chi connectivity index (χ2n) is 5.22. The number of phenolic OH excluding ortho intramolecular Hbond substituents is 1. The lowest BCUT2D eigenvalue weighted by atomic mass is 10.0. The van der Waals surface area contributed by atoms with Crippen LogP contribution in [0, 0.1) is 17.0 Å². The minimum Gasteiger partial charge on any atom is -0.502 e. The lowest BCUT2D eigenvalue weighted by molar-refractivity contribution is -0.385. The Morgan fingerprint density at radius 3 is 2.27 bits per heavy atom. The molecule has 0 spiro atoms. The number of carbonyl (C=O) groups is 2. The molecule has 0 unspecified atom stereocenters. The molecule has 1 heterocycles. The molecule has 1 saturated heterocycles. The van der Waals surface area contributed by atoms with E-state index in [4.69, 9.17) is 9.47 Å². The van der Waals surface area contributed by atoms with Gasteiger partial charge < -0.3 is 14.6 Å². The minimum absolute atomic E-state index is 0.0460. The van der Waals surface area contributed by atoms with Gasteiger partial charge in [-0.05, 0) is 24.6 Å². The van der Waals surface area contributed by atoms with Crippen molar-refractivity contribution in [3.8, 4) is 5.75 Å². The average Bonchev–Trinajstić information content (AvgIpc) is 2.35. The summed E-state index contributed by atoms with van der Waals surface area (Å²) in [5.74, 6) is -3.88. The summed E-state index contributed by atoms with van der Waals surface area (Å²) in [5.41, 5.74) is -0.538. The third kappa shape index (κ3) is 2.90. The Balaban J connectivity index is 2.52. The minimum atomic E-state index is -1.38. The highest BCUT2D eigenvalue weighted by atomic mass is 16.7. The van der Waals surface area contributed by atoms with E-state index in [1.165, 1.54) is 26.0 Å². The second kappa shape index (κ2) is 5.14. The van der Waals surface area contributed by atoms with Crippen LogP contribution in [0.3, 0.4) is 0 Å². The molecule has 1 aliphatic heterocycles. The van der Waals surface area contributed by atoms with Gasteiger partial charge in [-0.3, -0.25) is 10.1 Å². The maximum absolute atomic E-state index is 11.8. The molecule has 116 valence electrons. The quantitative estimate of drug-likeness (QED) is 0.291. The molecular weight excluding hydrogens is 294 g/mol. The molecule has 0 amide bonds. The number of ether oxygens (including phenoxy) is 2. The highest BCUT2D eigenvalue weighted by Gasteiger charge is 2.39. The topological polar surface area (TPSA) is 116 Å². The van der Waals surface area contributed by atoms with Gasteiger partial charge in [0.05, 0.1) is 4.92 Å². The van der Waals surface area contributed by atoms with Crippen LogP contribution in [0.25, 0.3) is 6.08 Å². The number of hydrogen-bond acceptors (Lipinski definition) is 7. The first-order chi connectivity index (χ1) is 10.1. The van der Waals surface area contributed by atoms with Gasteiger partial charge in [-0.15, -0.1) is 0 Å². The van der Waals surface area contributed by atoms with Crippen LogP contribution in [0.1, 0.15) is 25.0 Å². The molecule has 1 aromatic carbocycles. The van der Waals surface area contributed by atoms with Gasteiger partial charge in [0.25, 0.3) is 5.79 Å². The summed E-state index contributed by atoms with van der Waals surface area (Å²) in [5, 5.41) is 20.8. The van der Waals surface area contributed by atoms with Gasteiger partial charge in [-0.1, -0.05) is 0 Å². The third-order valence-corrected chi connectivity index (χ3v) is 2.88. The lowest BCUT2D eigenvalue weighted by Crippen LogP contribution is -2.41. The van der Waals surface area contributed by atoms with Crippen LogP contribution in [-0.4, -0.2) is 27.8 Å². The molecule has 22 heavy (non-hydrogen) atoms. The molecule has 8 nitrogen and oxygen atoms in total. The van der Waals surface area contributed by atoms with Gasteiger partial charge in [0.2, 0.25) is 5.75 Å². The zero-order valence-electron chi connectivity index (χ0n) is 12.1. The van der Waals surface area contributed by atoms with Crippen LogP contribution in [-0.2, 0) is 19.1 Å². The van der Waals surface area contributed by atoms with Crippen molar-refractivity contribution in [2.24, 2.45) is 0 Å². The van der Waals surface area contributed by atoms with Crippen molar-refractivity contribution in [3.05, 3.63) is 38.9 Å². The second-order valence-corrected chi connectivity index (χ2v) is 5.22. The zero-order chi connectivity index (χ0) is 16.7. The molecule has 0 aromatic heterocycles. The van der Waals surface area contributed by atoms with E-state index in [1.54, 1.807) is 6.92 Å². The number of benzene rings is 1. The smallest absolute Gasteiger partial charge is 0.348 e. The number of carbonyl (C=O) groups excluding carboxylic acids is 2. The van der Waals surface area contributed by atoms with Gasteiger partial charge in [-0.25, -0.2) is 9.59 Å². The van der Waals surface area contributed by atoms with E-state index in [-0.39, 0.29) is 5.56 Å². The van der Waals surface area contributed by atoms with Gasteiger partial charge in [0.1, 0.15) is 5.57 Å². The van der Waals surface area contributed by atoms with Crippen LogP contribution in [0.15, 0.2) is 17.7 Å². The van der Waals surface area contributed by atoms with E-state index in [2.05, 4.69) is 0 Å². The molecule has 1 fully saturated rings. The van der Waals surface area contributed by atoms with Crippen LogP contribution >= 0.6 is 0 Å². The van der Waals surface area contributed by atoms with Crippen molar-refractivity contribution < 1.29 is 29.1 Å². The van der Waals surface area contributed by atoms with Gasteiger partial charge in [-0.2, -0.15) is 0 Å². The zero-order valence-corrected chi connectivity index (χ0v) is 12.1. The molecule has 1 aliphatic rings. The highest BCUT2D eigenvalue weighted by molar-refractivity contribution is 6.19. The summed E-state index contributed by atoms with van der Waals surface area (Å²) in [6, 6.07) is 2.58. The fraction of sp³-hybridized carbons (Fsp3) is 0.286. The molecule has 0 bridgehead atoms. The molecule has 0 atom stereocenters. The largest absolute Gasteiger partial charge is 0.502 e. The number of rotatable bonds is 2. The van der Waals surface area contributed by atoms with Crippen molar-refractivity contribution in [1.82, 2.24) is 0 Å². The maximum atomic E-state index is 11.8. The van der Waals surface area contributed by atoms with Gasteiger partial charge in [0, 0.05) is 25.5 Å². The molecule has 1 N–H and O–H groups in total. The Kier molecular flexibility index (Phi) is 3.62. The lowest BCUT2D eigenvalue weighted by Gasteiger charge is -2.29. The SMILES string of the molecule is Cc1cc(C=C2C(=O)OC(C)(C)OC2=O)c(O)c([N+](=O)[O-])c1. The maximum Gasteiger partial charge on any atom is 0.348 e. The molecule has 8 heteroatoms. The van der Waals surface area contributed by atoms with E-state index in [0.717, 1.165) is 6.08 Å². The van der Waals surface area contributed by atoms with Crippen LogP contribution in [0.2, 0.25) is 0 Å². The van der Waals surface area contributed by atoms with Crippen LogP contribution in [0.5, 0.6) is 5.75 Å². The molecular formula is C14H13NO7. The van der Waals surface area contributed by atoms with Crippen molar-refractivity contribution in [2.75, 3.05) is 0 Å². The summed E-state index contributed by atoms with van der Waals surface area (Å²) < 4.78 is 9.82. The molecule has 0 radical (unpaired) electrons. The number of cyclic esters (lactones) is 2. The Morgan fingerprint density at radius 2 is 1.77 bits per heavy atom. The Labute approximate surface area is 125 Å². The summed E-state index contributed by atoms with van der Waals surface area (Å²) >= 11 is 0. The average molecular weight is 307 g/mol. The number of hydrogen-bond donors (Lipinski definition) is 1. The third-order valence-electron chi connectivity index (χ3n) is 2.88. The van der Waals surface area contributed by atoms with Crippen molar-refractivity contribution in [3.63, 3.8) is 0 Å². The summed E-state index contributed by atoms with van der Waals surface area (Å²) in [6.45, 7) is 4.37. The fourth-order valence-electron chi connectivity index (χ4n) is 1.97. The Bertz CT molecular complexity index is 696. The van der Waals surface area contributed by atoms with Gasteiger partial charge >= 0.3 is 17.6 Å². The Morgan fingerprint density at radius 1 is 1.23 bits per heavy atom. The monoisotopic (exact) mass is 307 g/mol. The van der Waals surface area contributed by atoms with Crippen molar-refractivity contribution >= 4 is 23.7 Å². The summed E-state index contributed by atoms with van der Waals surface area (Å²) in [4.78, 5) is 33.8. The van der Waals surface area contributed by atoms with E-state index in [1.807, 2.05) is 0 Å². The predicted octanol–water partition coefficient (Wildman–Crippen LogP) is 1.83. The number of aryl methyl sites for hydroxylation is 1. The summed E-state index contributed by atoms with van der Waals surface area (Å²) in [7, 11) is 0.